The molecule has 0 aliphatic heterocycles. The number of benzene rings is 4. The molecule has 0 aliphatic rings. The van der Waals surface area contributed by atoms with E-state index in [1.54, 1.807) is 60.7 Å². The van der Waals surface area contributed by atoms with Crippen molar-refractivity contribution in [3.8, 4) is 5.75 Å². The van der Waals surface area contributed by atoms with Crippen LogP contribution in [0, 0.1) is 5.41 Å². The number of phosphoric acid groups is 4. The molecular formula is C81H136O16P4. The number of para-hydroxylation sites is 1. The molecule has 4 aromatic rings. The Morgan fingerprint density at radius 1 is 0.317 bits per heavy atom. The fourth-order valence-corrected chi connectivity index (χ4v) is 20.2. The van der Waals surface area contributed by atoms with Crippen LogP contribution in [0.2, 0.25) is 0 Å². The van der Waals surface area contributed by atoms with Gasteiger partial charge in [0, 0.05) is 6.61 Å². The summed E-state index contributed by atoms with van der Waals surface area (Å²) in [5.74, 6) is 0.413. The molecule has 0 saturated heterocycles. The fraction of sp³-hybridized carbons (Fsp3) is 0.704. The minimum atomic E-state index is -6.46. The normalized spacial score (nSPS) is 15.3. The van der Waals surface area contributed by atoms with Gasteiger partial charge in [0.2, 0.25) is 0 Å². The van der Waals surface area contributed by atoms with Crippen LogP contribution >= 0.6 is 31.3 Å². The molecule has 6 N–H and O–H groups in total. The number of unbranched alkanes of at least 4 members (excludes halogenated alkanes) is 40. The van der Waals surface area contributed by atoms with E-state index < -0.39 is 60.1 Å². The van der Waals surface area contributed by atoms with Gasteiger partial charge in [-0.2, -0.15) is 12.9 Å². The number of aliphatic hydroxyl groups excluding tert-OH is 1. The van der Waals surface area contributed by atoms with Crippen LogP contribution in [0.1, 0.15) is 346 Å². The first kappa shape index (κ1) is 90.6. The van der Waals surface area contributed by atoms with Gasteiger partial charge in [0.05, 0.1) is 12.2 Å². The lowest BCUT2D eigenvalue weighted by Gasteiger charge is -2.66. The van der Waals surface area contributed by atoms with Gasteiger partial charge in [-0.1, -0.05) is 407 Å². The molecule has 101 heavy (non-hydrogen) atoms. The van der Waals surface area contributed by atoms with Crippen LogP contribution in [0.25, 0.3) is 0 Å². The van der Waals surface area contributed by atoms with E-state index in [0.717, 1.165) is 122 Å². The molecule has 0 heterocycles. The minimum absolute atomic E-state index is 0.167. The van der Waals surface area contributed by atoms with E-state index in [1.165, 1.54) is 135 Å². The molecule has 4 aromatic carbocycles. The Bertz CT molecular complexity index is 2820. The van der Waals surface area contributed by atoms with Crippen LogP contribution in [-0.2, 0) is 51.7 Å². The van der Waals surface area contributed by atoms with Crippen molar-refractivity contribution in [1.29, 1.82) is 0 Å². The summed E-state index contributed by atoms with van der Waals surface area (Å²) in [4.78, 5) is 54.2. The van der Waals surface area contributed by atoms with E-state index in [2.05, 4.69) is 36.3 Å². The summed E-state index contributed by atoms with van der Waals surface area (Å²) in [5.41, 5.74) is -7.33. The van der Waals surface area contributed by atoms with E-state index in [1.807, 2.05) is 60.7 Å². The van der Waals surface area contributed by atoms with Gasteiger partial charge >= 0.3 is 31.3 Å². The lowest BCUT2D eigenvalue weighted by molar-refractivity contribution is -0.298. The Morgan fingerprint density at radius 3 is 0.921 bits per heavy atom. The number of rotatable bonds is 66. The summed E-state index contributed by atoms with van der Waals surface area (Å²) in [5, 5.41) is 14.3. The third-order valence-electron chi connectivity index (χ3n) is 20.4. The van der Waals surface area contributed by atoms with Gasteiger partial charge in [-0.25, -0.2) is 18.3 Å². The summed E-state index contributed by atoms with van der Waals surface area (Å²) in [7, 11) is -25.0. The second-order valence-electron chi connectivity index (χ2n) is 28.6. The Hall–Kier alpha value is -2.84. The van der Waals surface area contributed by atoms with Crippen LogP contribution in [0.3, 0.4) is 0 Å². The molecule has 0 aliphatic carbocycles. The number of hydrogen-bond donors (Lipinski definition) is 6. The maximum Gasteiger partial charge on any atom is 0.490 e. The predicted octanol–water partition coefficient (Wildman–Crippen LogP) is 25.5. The first-order chi connectivity index (χ1) is 48.8. The third-order valence-corrected chi connectivity index (χ3v) is 25.9. The average Bonchev–Trinajstić information content (AvgIpc) is 0.668. The van der Waals surface area contributed by atoms with Crippen molar-refractivity contribution in [3.05, 3.63) is 138 Å². The highest BCUT2D eigenvalue weighted by atomic mass is 31.3. The van der Waals surface area contributed by atoms with E-state index in [-0.39, 0.29) is 37.0 Å². The molecular weight excluding hydrogens is 1350 g/mol. The van der Waals surface area contributed by atoms with Crippen LogP contribution < -0.4 is 4.74 Å². The van der Waals surface area contributed by atoms with Crippen LogP contribution in [0.15, 0.2) is 121 Å². The Morgan fingerprint density at radius 2 is 0.594 bits per heavy atom. The summed E-state index contributed by atoms with van der Waals surface area (Å²) in [6.45, 7) is 8.27. The van der Waals surface area contributed by atoms with Gasteiger partial charge in [0.25, 0.3) is 0 Å². The summed E-state index contributed by atoms with van der Waals surface area (Å²) >= 11 is 0. The van der Waals surface area contributed by atoms with Gasteiger partial charge < -0.3 is 39.0 Å². The molecule has 5 unspecified atom stereocenters. The molecule has 16 nitrogen and oxygen atoms in total. The van der Waals surface area contributed by atoms with E-state index in [0.29, 0.717) is 37.0 Å². The number of aliphatic hydroxyl groups is 1. The highest BCUT2D eigenvalue weighted by Crippen LogP contribution is 2.75. The zero-order valence-electron chi connectivity index (χ0n) is 62.7. The number of phosphoric ester groups is 1. The summed E-state index contributed by atoms with van der Waals surface area (Å²) in [6.07, 6.45) is 47.4. The fourth-order valence-electron chi connectivity index (χ4n) is 15.4. The first-order valence-corrected chi connectivity index (χ1v) is 45.8. The summed E-state index contributed by atoms with van der Waals surface area (Å²) in [6, 6.07) is 36.5. The van der Waals surface area contributed by atoms with Gasteiger partial charge in [-0.15, -0.1) is 0 Å². The zero-order valence-corrected chi connectivity index (χ0v) is 66.3. The molecule has 20 heteroatoms. The molecule has 0 bridgehead atoms. The Labute approximate surface area is 611 Å². The van der Waals surface area contributed by atoms with Gasteiger partial charge in [-0.05, 0) is 60.9 Å². The molecule has 0 radical (unpaired) electrons. The Kier molecular flexibility index (Phi) is 46.1. The molecule has 5 atom stereocenters. The second kappa shape index (κ2) is 51.4. The molecule has 0 aromatic heterocycles. The number of ether oxygens (including phenoxy) is 2. The molecule has 0 saturated carbocycles. The zero-order chi connectivity index (χ0) is 73.3. The van der Waals surface area contributed by atoms with Crippen molar-refractivity contribution in [2.45, 2.75) is 346 Å². The van der Waals surface area contributed by atoms with Crippen LogP contribution in [0.4, 0.5) is 0 Å². The lowest BCUT2D eigenvalue weighted by atomic mass is 9.46. The number of hydrogen-bond acceptors (Lipinski definition) is 11. The van der Waals surface area contributed by atoms with Crippen molar-refractivity contribution >= 4 is 31.3 Å². The first-order valence-electron chi connectivity index (χ1n) is 39.8. The topological polar surface area (TPSA) is 245 Å². The van der Waals surface area contributed by atoms with Gasteiger partial charge in [0.15, 0.2) is 0 Å². The SMILES string of the molecule is CCCCCCCCCCCCCOC(CCCCCCCCCCCCC)(CCCCCCCCCCCCC)C(CO)(C(CCCCCCCCCCCCC)(Oc1ccccc1)c1ccccc1)C(OP(=O)(O)OP(=O)(O)OP(=O)(O)OP(=O)(O)O)(c1ccccc1)c1ccccc1. The lowest BCUT2D eigenvalue weighted by Crippen LogP contribution is -2.74. The highest BCUT2D eigenvalue weighted by Gasteiger charge is 2.77. The molecule has 4 rings (SSSR count). The smallest absolute Gasteiger partial charge is 0.482 e. The van der Waals surface area contributed by atoms with Crippen molar-refractivity contribution in [3.63, 3.8) is 0 Å². The van der Waals surface area contributed by atoms with Crippen molar-refractivity contribution < 1.29 is 74.8 Å². The van der Waals surface area contributed by atoms with Crippen LogP contribution in [-0.4, -0.2) is 48.4 Å². The van der Waals surface area contributed by atoms with Crippen molar-refractivity contribution in [1.82, 2.24) is 0 Å². The standard InChI is InChI=1S/C81H136O16P4/c1-5-9-13-17-21-25-29-33-37-41-57-69-78(70-58-42-38-34-30-26-22-18-14-10-6-2,92-72-60-44-40-36-32-28-24-20-16-12-8-4)80(73-82,79(74-61-49-45-50-62-74,93-77-67-55-48-56-68-77)71-59-43-39-35-31-27-23-19-15-11-7-3)81(75-63-51-46-52-64-75,76-65-53-47-54-66-76)94-99(86,87)96-101(90,91)97-100(88,89)95-98(83,84)85/h45-56,61-68,82H,5-44,57-60,69-73H2,1-4H3,(H,86,87)(H,88,89)(H,90,91)(H2,83,84,85). The third kappa shape index (κ3) is 33.0. The molecule has 0 amide bonds. The maximum atomic E-state index is 16.1. The highest BCUT2D eigenvalue weighted by molar-refractivity contribution is 7.69. The predicted molar refractivity (Wildman–Crippen MR) is 413 cm³/mol. The maximum absolute atomic E-state index is 16.1. The second-order valence-corrected chi connectivity index (χ2v) is 34.5. The monoisotopic (exact) mass is 1490 g/mol. The molecule has 0 spiro atoms. The van der Waals surface area contributed by atoms with Gasteiger partial charge in [0.1, 0.15) is 22.4 Å². The van der Waals surface area contributed by atoms with Gasteiger partial charge in [-0.3, -0.25) is 4.52 Å². The average molecular weight is 1490 g/mol. The van der Waals surface area contributed by atoms with Crippen molar-refractivity contribution in [2.24, 2.45) is 5.41 Å². The minimum Gasteiger partial charge on any atom is -0.482 e. The molecule has 0 fully saturated rings. The van der Waals surface area contributed by atoms with E-state index >= 15 is 4.57 Å². The Balaban J connectivity index is 2.23. The van der Waals surface area contributed by atoms with E-state index in [4.69, 9.17) is 18.3 Å². The molecule has 576 valence electrons. The van der Waals surface area contributed by atoms with Crippen molar-refractivity contribution in [2.75, 3.05) is 13.2 Å². The summed E-state index contributed by atoms with van der Waals surface area (Å²) < 4.78 is 92.6. The van der Waals surface area contributed by atoms with Crippen LogP contribution in [0.5, 0.6) is 5.75 Å². The quantitative estimate of drug-likeness (QED) is 0.0178. The van der Waals surface area contributed by atoms with E-state index in [9.17, 15) is 43.3 Å². The largest absolute Gasteiger partial charge is 0.490 e.